The lowest BCUT2D eigenvalue weighted by Crippen LogP contribution is -2.22. The standard InChI is InChI=1S/C24H22FNO5.C4H10.C2H6/c1-30-8-3-9-31-23-11-16-6-7-26-14-20(24(28)29)22(27)13-21(26)18(16)12-19(23)15-4-2-5-17(25)10-15;1-4(2)3;1-2/h2,4-5,10-14H,3,6-9H2,1H3,(H,28,29);4H,1-3H3;1-2H3. The maximum absolute atomic E-state index is 13.9. The number of hydrogen-bond donors (Lipinski definition) is 1. The smallest absolute Gasteiger partial charge is 0.341 e. The molecule has 1 N–H and O–H groups in total. The number of rotatable bonds is 7. The number of aryl methyl sites for hydroxylation is 2. The fourth-order valence-corrected chi connectivity index (χ4v) is 3.85. The maximum Gasteiger partial charge on any atom is 0.341 e. The van der Waals surface area contributed by atoms with E-state index in [0.717, 1.165) is 17.0 Å². The van der Waals surface area contributed by atoms with Crippen LogP contribution >= 0.6 is 0 Å². The van der Waals surface area contributed by atoms with Crippen molar-refractivity contribution in [3.8, 4) is 28.1 Å². The highest BCUT2D eigenvalue weighted by Gasteiger charge is 2.22. The van der Waals surface area contributed by atoms with Gasteiger partial charge in [-0.05, 0) is 47.7 Å². The molecule has 0 atom stereocenters. The van der Waals surface area contributed by atoms with Gasteiger partial charge in [0.05, 0.1) is 12.3 Å². The molecule has 37 heavy (non-hydrogen) atoms. The van der Waals surface area contributed by atoms with E-state index in [4.69, 9.17) is 9.47 Å². The average molecular weight is 512 g/mol. The summed E-state index contributed by atoms with van der Waals surface area (Å²) in [6, 6.07) is 11.4. The normalized spacial score (nSPS) is 11.4. The molecule has 0 amide bonds. The van der Waals surface area contributed by atoms with Gasteiger partial charge in [-0.15, -0.1) is 0 Å². The quantitative estimate of drug-likeness (QED) is 0.358. The first-order chi connectivity index (χ1) is 17.7. The van der Waals surface area contributed by atoms with Crippen LogP contribution in [0.2, 0.25) is 0 Å². The molecule has 0 bridgehead atoms. The van der Waals surface area contributed by atoms with E-state index in [9.17, 15) is 19.1 Å². The molecule has 7 heteroatoms. The summed E-state index contributed by atoms with van der Waals surface area (Å²) >= 11 is 0. The van der Waals surface area contributed by atoms with Crippen LogP contribution in [-0.4, -0.2) is 36.0 Å². The molecule has 4 rings (SSSR count). The summed E-state index contributed by atoms with van der Waals surface area (Å²) < 4.78 is 26.8. The number of carboxylic acids is 1. The van der Waals surface area contributed by atoms with Crippen molar-refractivity contribution in [2.75, 3.05) is 20.3 Å². The Bertz CT molecular complexity index is 1250. The van der Waals surface area contributed by atoms with E-state index < -0.39 is 11.4 Å². The van der Waals surface area contributed by atoms with Gasteiger partial charge in [-0.2, -0.15) is 0 Å². The summed E-state index contributed by atoms with van der Waals surface area (Å²) in [6.07, 6.45) is 2.76. The Morgan fingerprint density at radius 2 is 1.78 bits per heavy atom. The van der Waals surface area contributed by atoms with Crippen molar-refractivity contribution in [1.29, 1.82) is 0 Å². The fourth-order valence-electron chi connectivity index (χ4n) is 3.85. The summed E-state index contributed by atoms with van der Waals surface area (Å²) in [5.74, 6) is -0.131. The van der Waals surface area contributed by atoms with E-state index >= 15 is 0 Å². The summed E-state index contributed by atoms with van der Waals surface area (Å²) in [4.78, 5) is 23.7. The predicted molar refractivity (Wildman–Crippen MR) is 146 cm³/mol. The second-order valence-corrected chi connectivity index (χ2v) is 9.13. The number of aromatic carboxylic acids is 1. The van der Waals surface area contributed by atoms with Crippen LogP contribution in [0, 0.1) is 11.7 Å². The topological polar surface area (TPSA) is 77.8 Å². The van der Waals surface area contributed by atoms with Crippen LogP contribution in [0.15, 0.2) is 53.5 Å². The van der Waals surface area contributed by atoms with Crippen molar-refractivity contribution in [2.45, 2.75) is 54.0 Å². The fraction of sp³-hybridized carbons (Fsp3) is 0.400. The molecule has 0 fully saturated rings. The summed E-state index contributed by atoms with van der Waals surface area (Å²) in [5, 5.41) is 9.26. The molecule has 0 radical (unpaired) electrons. The van der Waals surface area contributed by atoms with Crippen LogP contribution in [0.4, 0.5) is 4.39 Å². The minimum atomic E-state index is -1.24. The lowest BCUT2D eigenvalue weighted by Gasteiger charge is -2.25. The van der Waals surface area contributed by atoms with Crippen LogP contribution in [0.5, 0.6) is 5.75 Å². The number of hydrogen-bond acceptors (Lipinski definition) is 4. The number of fused-ring (bicyclic) bond motifs is 3. The van der Waals surface area contributed by atoms with Gasteiger partial charge in [0.1, 0.15) is 17.1 Å². The van der Waals surface area contributed by atoms with Crippen molar-refractivity contribution < 1.29 is 23.8 Å². The molecule has 1 aliphatic heterocycles. The molecule has 6 nitrogen and oxygen atoms in total. The number of carbonyl (C=O) groups is 1. The highest BCUT2D eigenvalue weighted by atomic mass is 19.1. The number of ether oxygens (including phenoxy) is 2. The van der Waals surface area contributed by atoms with Crippen LogP contribution in [-0.2, 0) is 17.7 Å². The molecular weight excluding hydrogens is 473 g/mol. The minimum Gasteiger partial charge on any atom is -0.493 e. The number of halogens is 1. The molecule has 2 aromatic carbocycles. The van der Waals surface area contributed by atoms with E-state index in [0.29, 0.717) is 55.2 Å². The number of benzene rings is 2. The first kappa shape index (κ1) is 29.8. The van der Waals surface area contributed by atoms with E-state index in [-0.39, 0.29) is 11.4 Å². The van der Waals surface area contributed by atoms with Crippen LogP contribution in [0.25, 0.3) is 22.4 Å². The molecular formula is C30H38FNO5. The number of pyridine rings is 1. The van der Waals surface area contributed by atoms with Gasteiger partial charge >= 0.3 is 5.97 Å². The van der Waals surface area contributed by atoms with Gasteiger partial charge in [0.25, 0.3) is 0 Å². The van der Waals surface area contributed by atoms with Gasteiger partial charge in [-0.1, -0.05) is 46.8 Å². The molecule has 1 aromatic heterocycles. The van der Waals surface area contributed by atoms with Crippen molar-refractivity contribution in [3.05, 3.63) is 75.8 Å². The van der Waals surface area contributed by atoms with Crippen molar-refractivity contribution in [1.82, 2.24) is 4.57 Å². The number of aromatic nitrogens is 1. The van der Waals surface area contributed by atoms with Crippen LogP contribution in [0.1, 0.15) is 57.0 Å². The monoisotopic (exact) mass is 511 g/mol. The van der Waals surface area contributed by atoms with Gasteiger partial charge < -0.3 is 19.1 Å². The van der Waals surface area contributed by atoms with Gasteiger partial charge in [0, 0.05) is 50.1 Å². The van der Waals surface area contributed by atoms with Gasteiger partial charge in [0.2, 0.25) is 0 Å². The Morgan fingerprint density at radius 1 is 1.08 bits per heavy atom. The Morgan fingerprint density at radius 3 is 2.41 bits per heavy atom. The highest BCUT2D eigenvalue weighted by Crippen LogP contribution is 2.39. The first-order valence-electron chi connectivity index (χ1n) is 12.7. The van der Waals surface area contributed by atoms with Gasteiger partial charge in [-0.3, -0.25) is 4.79 Å². The molecule has 0 saturated heterocycles. The van der Waals surface area contributed by atoms with Crippen molar-refractivity contribution in [3.63, 3.8) is 0 Å². The van der Waals surface area contributed by atoms with E-state index in [1.54, 1.807) is 23.8 Å². The van der Waals surface area contributed by atoms with Crippen LogP contribution < -0.4 is 10.2 Å². The van der Waals surface area contributed by atoms with E-state index in [2.05, 4.69) is 20.8 Å². The predicted octanol–water partition coefficient (Wildman–Crippen LogP) is 6.68. The van der Waals surface area contributed by atoms with Gasteiger partial charge in [-0.25, -0.2) is 9.18 Å². The van der Waals surface area contributed by atoms with Crippen LogP contribution in [0.3, 0.4) is 0 Å². The molecule has 200 valence electrons. The SMILES string of the molecule is CC.CC(C)C.COCCCOc1cc2c(cc1-c1cccc(F)c1)-c1cc(=O)c(C(=O)O)cn1CC2. The second kappa shape index (κ2) is 14.3. The molecule has 0 saturated carbocycles. The molecule has 3 aromatic rings. The molecule has 1 aliphatic rings. The third-order valence-electron chi connectivity index (χ3n) is 5.35. The largest absolute Gasteiger partial charge is 0.493 e. The zero-order chi connectivity index (χ0) is 27.5. The highest BCUT2D eigenvalue weighted by molar-refractivity contribution is 5.88. The Hall–Kier alpha value is -3.45. The van der Waals surface area contributed by atoms with E-state index in [1.807, 2.05) is 26.0 Å². The third kappa shape index (κ3) is 8.02. The minimum absolute atomic E-state index is 0.254. The summed E-state index contributed by atoms with van der Waals surface area (Å²) in [6.45, 7) is 12.1. The number of nitrogens with zero attached hydrogens (tertiary/aromatic N) is 1. The lowest BCUT2D eigenvalue weighted by molar-refractivity contribution is 0.0694. The first-order valence-corrected chi connectivity index (χ1v) is 12.7. The Balaban J connectivity index is 0.000000733. The number of methoxy groups -OCH3 is 1. The third-order valence-corrected chi connectivity index (χ3v) is 5.35. The number of carboxylic acid groups (broad SMARTS) is 1. The molecule has 0 aliphatic carbocycles. The average Bonchev–Trinajstić information content (AvgIpc) is 2.86. The molecule has 2 heterocycles. The lowest BCUT2D eigenvalue weighted by atomic mass is 9.91. The van der Waals surface area contributed by atoms with Crippen molar-refractivity contribution >= 4 is 5.97 Å². The zero-order valence-electron chi connectivity index (χ0n) is 22.6. The summed E-state index contributed by atoms with van der Waals surface area (Å²) in [5.41, 5.74) is 3.01. The summed E-state index contributed by atoms with van der Waals surface area (Å²) in [7, 11) is 1.63. The van der Waals surface area contributed by atoms with Crippen molar-refractivity contribution in [2.24, 2.45) is 5.92 Å². The second-order valence-electron chi connectivity index (χ2n) is 9.13. The molecule has 0 spiro atoms. The maximum atomic E-state index is 13.9. The zero-order valence-corrected chi connectivity index (χ0v) is 22.6. The van der Waals surface area contributed by atoms with E-state index in [1.165, 1.54) is 24.4 Å². The van der Waals surface area contributed by atoms with Gasteiger partial charge in [0.15, 0.2) is 5.43 Å². The Kier molecular flexibility index (Phi) is 11.5. The Labute approximate surface area is 218 Å². The molecule has 0 unspecified atom stereocenters.